The number of ether oxygens (including phenoxy) is 1. The molecule has 0 aliphatic carbocycles. The monoisotopic (exact) mass is 208 g/mol. The van der Waals surface area contributed by atoms with Crippen LogP contribution in [0.5, 0.6) is 0 Å². The minimum Gasteiger partial charge on any atom is -0.465 e. The van der Waals surface area contributed by atoms with Gasteiger partial charge in [-0.05, 0) is 6.42 Å². The largest absolute Gasteiger partial charge is 0.465 e. The summed E-state index contributed by atoms with van der Waals surface area (Å²) in [5.41, 5.74) is 5.41. The van der Waals surface area contributed by atoms with Gasteiger partial charge >= 0.3 is 6.09 Å². The molecule has 6 heteroatoms. The highest BCUT2D eigenvalue weighted by Gasteiger charge is 2.50. The molecule has 0 saturated carbocycles. The topological polar surface area (TPSA) is 75.8 Å². The summed E-state index contributed by atoms with van der Waals surface area (Å²) in [6.45, 7) is 1.53. The van der Waals surface area contributed by atoms with Crippen LogP contribution >= 0.6 is 12.4 Å². The van der Waals surface area contributed by atoms with E-state index in [0.29, 0.717) is 19.7 Å². The molecule has 1 atom stereocenters. The number of rotatable bonds is 0. The van der Waals surface area contributed by atoms with E-state index >= 15 is 0 Å². The Kier molecular flexibility index (Phi) is 2.70. The van der Waals surface area contributed by atoms with Gasteiger partial charge in [0.05, 0.1) is 19.7 Å². The molecule has 3 N–H and O–H groups in total. The third kappa shape index (κ3) is 1.72. The van der Waals surface area contributed by atoms with Crippen molar-refractivity contribution in [3.8, 4) is 0 Å². The summed E-state index contributed by atoms with van der Waals surface area (Å²) in [6.07, 6.45) is -0.0822. The molecule has 2 aliphatic heterocycles. The van der Waals surface area contributed by atoms with E-state index in [1.807, 2.05) is 0 Å². The Hall–Kier alpha value is -0.520. The number of hydrogen-bond acceptors (Lipinski definition) is 3. The van der Waals surface area contributed by atoms with Gasteiger partial charge in [0.15, 0.2) is 0 Å². The van der Waals surface area contributed by atoms with Crippen molar-refractivity contribution in [2.45, 2.75) is 18.1 Å². The van der Waals surface area contributed by atoms with Crippen molar-refractivity contribution in [3.05, 3.63) is 0 Å². The van der Waals surface area contributed by atoms with Crippen molar-refractivity contribution in [1.82, 2.24) is 4.90 Å². The molecule has 76 valence electrons. The van der Waals surface area contributed by atoms with E-state index in [4.69, 9.17) is 15.6 Å². The molecule has 1 amide bonds. The van der Waals surface area contributed by atoms with Gasteiger partial charge in [0.1, 0.15) is 5.60 Å². The van der Waals surface area contributed by atoms with Crippen molar-refractivity contribution in [1.29, 1.82) is 0 Å². The van der Waals surface area contributed by atoms with Gasteiger partial charge in [-0.15, -0.1) is 12.4 Å². The molecule has 0 unspecified atom stereocenters. The number of halogens is 1. The second kappa shape index (κ2) is 3.32. The molecule has 13 heavy (non-hydrogen) atoms. The quantitative estimate of drug-likeness (QED) is 0.583. The first-order chi connectivity index (χ1) is 5.61. The molecular formula is C7H13ClN2O3. The van der Waals surface area contributed by atoms with Crippen LogP contribution in [-0.4, -0.2) is 47.4 Å². The summed E-state index contributed by atoms with van der Waals surface area (Å²) in [6, 6.07) is 0.0842. The maximum atomic E-state index is 10.4. The van der Waals surface area contributed by atoms with Crippen LogP contribution in [0.25, 0.3) is 0 Å². The zero-order chi connectivity index (χ0) is 8.77. The number of hydrogen-bond donors (Lipinski definition) is 2. The molecule has 0 aromatic rings. The summed E-state index contributed by atoms with van der Waals surface area (Å²) >= 11 is 0. The Balaban J connectivity index is 0.000000845. The van der Waals surface area contributed by atoms with Gasteiger partial charge in [-0.1, -0.05) is 0 Å². The molecule has 2 rings (SSSR count). The first-order valence-electron chi connectivity index (χ1n) is 3.99. The van der Waals surface area contributed by atoms with Crippen LogP contribution in [0.2, 0.25) is 0 Å². The van der Waals surface area contributed by atoms with Crippen LogP contribution in [-0.2, 0) is 4.74 Å². The van der Waals surface area contributed by atoms with E-state index < -0.39 is 6.09 Å². The minimum atomic E-state index is -0.871. The summed E-state index contributed by atoms with van der Waals surface area (Å²) in [5.74, 6) is 0. The Morgan fingerprint density at radius 1 is 1.62 bits per heavy atom. The maximum absolute atomic E-state index is 10.4. The number of carbonyl (C=O) groups is 1. The lowest BCUT2D eigenvalue weighted by atomic mass is 9.90. The summed E-state index contributed by atoms with van der Waals surface area (Å²) in [4.78, 5) is 11.8. The number of nitrogens with zero attached hydrogens (tertiary/aromatic N) is 1. The van der Waals surface area contributed by atoms with Crippen LogP contribution in [0.3, 0.4) is 0 Å². The molecule has 0 aromatic heterocycles. The lowest BCUT2D eigenvalue weighted by molar-refractivity contribution is -0.0981. The number of likely N-dealkylation sites (tertiary alicyclic amines) is 1. The summed E-state index contributed by atoms with van der Waals surface area (Å²) in [5, 5.41) is 8.58. The predicted molar refractivity (Wildman–Crippen MR) is 48.1 cm³/mol. The molecular weight excluding hydrogens is 196 g/mol. The second-order valence-corrected chi connectivity index (χ2v) is 3.60. The molecule has 5 nitrogen and oxygen atoms in total. The molecule has 2 fully saturated rings. The molecule has 1 spiro atoms. The van der Waals surface area contributed by atoms with Crippen molar-refractivity contribution in [2.24, 2.45) is 5.73 Å². The zero-order valence-electron chi connectivity index (χ0n) is 7.10. The minimum absolute atomic E-state index is 0. The highest BCUT2D eigenvalue weighted by molar-refractivity contribution is 5.85. The number of carboxylic acid groups (broad SMARTS) is 1. The zero-order valence-corrected chi connectivity index (χ0v) is 7.92. The van der Waals surface area contributed by atoms with E-state index in [-0.39, 0.29) is 24.0 Å². The van der Waals surface area contributed by atoms with E-state index in [9.17, 15) is 4.79 Å². The molecule has 0 aromatic carbocycles. The molecule has 0 bridgehead atoms. The molecule has 0 radical (unpaired) electrons. The average molecular weight is 209 g/mol. The van der Waals surface area contributed by atoms with Crippen LogP contribution < -0.4 is 5.73 Å². The van der Waals surface area contributed by atoms with Gasteiger partial charge in [0.2, 0.25) is 0 Å². The first-order valence-corrected chi connectivity index (χ1v) is 3.99. The number of amides is 1. The van der Waals surface area contributed by atoms with Gasteiger partial charge in [-0.3, -0.25) is 0 Å². The smallest absolute Gasteiger partial charge is 0.407 e. The maximum Gasteiger partial charge on any atom is 0.407 e. The molecule has 2 heterocycles. The van der Waals surface area contributed by atoms with Crippen molar-refractivity contribution >= 4 is 18.5 Å². The van der Waals surface area contributed by atoms with Crippen molar-refractivity contribution in [3.63, 3.8) is 0 Å². The van der Waals surface area contributed by atoms with E-state index in [2.05, 4.69) is 0 Å². The SMILES string of the molecule is Cl.N[C@@H]1COC2(C1)CN(C(=O)O)C2. The summed E-state index contributed by atoms with van der Waals surface area (Å²) < 4.78 is 5.44. The fourth-order valence-electron chi connectivity index (χ4n) is 1.88. The fourth-order valence-corrected chi connectivity index (χ4v) is 1.88. The van der Waals surface area contributed by atoms with Crippen LogP contribution in [0.1, 0.15) is 6.42 Å². The Bertz CT molecular complexity index is 218. The van der Waals surface area contributed by atoms with Crippen molar-refractivity contribution in [2.75, 3.05) is 19.7 Å². The van der Waals surface area contributed by atoms with E-state index in [0.717, 1.165) is 6.42 Å². The second-order valence-electron chi connectivity index (χ2n) is 3.60. The molecule has 2 aliphatic rings. The van der Waals surface area contributed by atoms with Gasteiger partial charge in [-0.2, -0.15) is 0 Å². The van der Waals surface area contributed by atoms with Gasteiger partial charge in [-0.25, -0.2) is 4.79 Å². The lowest BCUT2D eigenvalue weighted by Crippen LogP contribution is -2.63. The average Bonchev–Trinajstić information content (AvgIpc) is 2.27. The Morgan fingerprint density at radius 3 is 2.62 bits per heavy atom. The third-order valence-electron chi connectivity index (χ3n) is 2.47. The van der Waals surface area contributed by atoms with Crippen LogP contribution in [0.15, 0.2) is 0 Å². The predicted octanol–water partition coefficient (Wildman–Crippen LogP) is -0.112. The normalized spacial score (nSPS) is 29.6. The summed E-state index contributed by atoms with van der Waals surface area (Å²) in [7, 11) is 0. The van der Waals surface area contributed by atoms with Crippen LogP contribution in [0.4, 0.5) is 4.79 Å². The van der Waals surface area contributed by atoms with Crippen LogP contribution in [0, 0.1) is 0 Å². The standard InChI is InChI=1S/C7H12N2O3.ClH/c8-5-1-7(12-2-5)3-9(4-7)6(10)11;/h5H,1-4,8H2,(H,10,11);1H/t5-;/m0./s1. The molecule has 2 saturated heterocycles. The van der Waals surface area contributed by atoms with E-state index in [1.54, 1.807) is 0 Å². The van der Waals surface area contributed by atoms with Gasteiger partial charge < -0.3 is 20.5 Å². The number of nitrogens with two attached hydrogens (primary N) is 1. The van der Waals surface area contributed by atoms with E-state index in [1.165, 1.54) is 4.90 Å². The highest BCUT2D eigenvalue weighted by atomic mass is 35.5. The fraction of sp³-hybridized carbons (Fsp3) is 0.857. The lowest BCUT2D eigenvalue weighted by Gasteiger charge is -2.45. The van der Waals surface area contributed by atoms with Gasteiger partial charge in [0, 0.05) is 6.04 Å². The Morgan fingerprint density at radius 2 is 2.23 bits per heavy atom. The van der Waals surface area contributed by atoms with Gasteiger partial charge in [0.25, 0.3) is 0 Å². The van der Waals surface area contributed by atoms with Crippen molar-refractivity contribution < 1.29 is 14.6 Å². The highest BCUT2D eigenvalue weighted by Crippen LogP contribution is 2.34. The third-order valence-corrected chi connectivity index (χ3v) is 2.47. The first kappa shape index (κ1) is 10.6. The Labute approximate surface area is 82.2 Å².